The van der Waals surface area contributed by atoms with Gasteiger partial charge in [0.15, 0.2) is 0 Å². The molecule has 0 heterocycles. The highest BCUT2D eigenvalue weighted by Crippen LogP contribution is 2.25. The molecule has 1 aromatic rings. The smallest absolute Gasteiger partial charge is 0.124 e. The van der Waals surface area contributed by atoms with Crippen LogP contribution in [0.4, 0.5) is 0 Å². The molecule has 0 saturated heterocycles. The van der Waals surface area contributed by atoms with Gasteiger partial charge in [0.05, 0.1) is 13.7 Å². The summed E-state index contributed by atoms with van der Waals surface area (Å²) >= 11 is 0. The Balaban J connectivity index is 3.06. The number of nitrogens with two attached hydrogens (primary N) is 1. The minimum atomic E-state index is -0.227. The lowest BCUT2D eigenvalue weighted by atomic mass is 9.92. The van der Waals surface area contributed by atoms with Gasteiger partial charge in [0.1, 0.15) is 5.75 Å². The average Bonchev–Trinajstić information content (AvgIpc) is 2.18. The molecule has 2 N–H and O–H groups in total. The van der Waals surface area contributed by atoms with Gasteiger partial charge in [0, 0.05) is 18.2 Å². The number of ether oxygens (including phenoxy) is 2. The summed E-state index contributed by atoms with van der Waals surface area (Å²) in [7, 11) is 3.36. The molecule has 0 atom stereocenters. The van der Waals surface area contributed by atoms with Crippen molar-refractivity contribution in [2.75, 3.05) is 14.2 Å². The fourth-order valence-electron chi connectivity index (χ4n) is 1.77. The lowest BCUT2D eigenvalue weighted by molar-refractivity contribution is 0.180. The molecular weight excluding hydrogens is 202 g/mol. The molecule has 90 valence electrons. The third-order valence-electron chi connectivity index (χ3n) is 2.38. The maximum Gasteiger partial charge on any atom is 0.124 e. The Labute approximate surface area is 97.6 Å². The lowest BCUT2D eigenvalue weighted by Gasteiger charge is -2.21. The zero-order valence-corrected chi connectivity index (χ0v) is 10.5. The van der Waals surface area contributed by atoms with Crippen LogP contribution in [0.15, 0.2) is 18.2 Å². The van der Waals surface area contributed by atoms with Crippen molar-refractivity contribution >= 4 is 0 Å². The second-order valence-corrected chi connectivity index (χ2v) is 4.70. The van der Waals surface area contributed by atoms with Gasteiger partial charge in [-0.05, 0) is 31.9 Å². The van der Waals surface area contributed by atoms with Gasteiger partial charge in [0.2, 0.25) is 0 Å². The van der Waals surface area contributed by atoms with Crippen LogP contribution in [0.3, 0.4) is 0 Å². The quantitative estimate of drug-likeness (QED) is 0.831. The minimum Gasteiger partial charge on any atom is -0.496 e. The predicted molar refractivity (Wildman–Crippen MR) is 65.7 cm³/mol. The molecule has 1 aromatic carbocycles. The number of hydrogen-bond acceptors (Lipinski definition) is 3. The highest BCUT2D eigenvalue weighted by atomic mass is 16.5. The van der Waals surface area contributed by atoms with Crippen LogP contribution in [0.5, 0.6) is 5.75 Å². The Morgan fingerprint density at radius 2 is 1.94 bits per heavy atom. The molecule has 0 aliphatic carbocycles. The summed E-state index contributed by atoms with van der Waals surface area (Å²) in [5.74, 6) is 0.864. The monoisotopic (exact) mass is 223 g/mol. The van der Waals surface area contributed by atoms with Gasteiger partial charge in [-0.1, -0.05) is 12.1 Å². The van der Waals surface area contributed by atoms with Crippen molar-refractivity contribution in [2.24, 2.45) is 5.73 Å². The highest BCUT2D eigenvalue weighted by molar-refractivity contribution is 5.40. The van der Waals surface area contributed by atoms with Gasteiger partial charge < -0.3 is 15.2 Å². The van der Waals surface area contributed by atoms with Gasteiger partial charge in [-0.3, -0.25) is 0 Å². The first-order chi connectivity index (χ1) is 7.48. The second-order valence-electron chi connectivity index (χ2n) is 4.70. The van der Waals surface area contributed by atoms with Crippen LogP contribution < -0.4 is 10.5 Å². The minimum absolute atomic E-state index is 0.227. The topological polar surface area (TPSA) is 44.5 Å². The first-order valence-electron chi connectivity index (χ1n) is 5.40. The van der Waals surface area contributed by atoms with Crippen LogP contribution >= 0.6 is 0 Å². The van der Waals surface area contributed by atoms with Gasteiger partial charge in [-0.25, -0.2) is 0 Å². The van der Waals surface area contributed by atoms with E-state index >= 15 is 0 Å². The number of methoxy groups -OCH3 is 2. The number of hydrogen-bond donors (Lipinski definition) is 1. The number of benzene rings is 1. The molecule has 0 aliphatic rings. The zero-order chi connectivity index (χ0) is 12.2. The van der Waals surface area contributed by atoms with Crippen molar-refractivity contribution in [1.82, 2.24) is 0 Å². The normalized spacial score (nSPS) is 11.6. The van der Waals surface area contributed by atoms with Crippen molar-refractivity contribution in [3.05, 3.63) is 29.3 Å². The Morgan fingerprint density at radius 1 is 1.25 bits per heavy atom. The molecule has 0 bridgehead atoms. The first kappa shape index (κ1) is 13.0. The summed E-state index contributed by atoms with van der Waals surface area (Å²) in [6.07, 6.45) is 0.808. The molecule has 16 heavy (non-hydrogen) atoms. The summed E-state index contributed by atoms with van der Waals surface area (Å²) in [6, 6.07) is 6.01. The van der Waals surface area contributed by atoms with Crippen molar-refractivity contribution in [3.8, 4) is 5.75 Å². The SMILES string of the molecule is COCc1c(CC(C)(C)N)cccc1OC. The molecule has 0 amide bonds. The Hall–Kier alpha value is -1.06. The molecule has 1 rings (SSSR count). The lowest BCUT2D eigenvalue weighted by Crippen LogP contribution is -2.34. The molecule has 0 spiro atoms. The Morgan fingerprint density at radius 3 is 2.44 bits per heavy atom. The fourth-order valence-corrected chi connectivity index (χ4v) is 1.77. The molecule has 0 aliphatic heterocycles. The summed E-state index contributed by atoms with van der Waals surface area (Å²) in [6.45, 7) is 4.58. The maximum atomic E-state index is 6.04. The van der Waals surface area contributed by atoms with Crippen LogP contribution in [0.25, 0.3) is 0 Å². The maximum absolute atomic E-state index is 6.04. The van der Waals surface area contributed by atoms with Gasteiger partial charge in [0.25, 0.3) is 0 Å². The van der Waals surface area contributed by atoms with Gasteiger partial charge in [-0.2, -0.15) is 0 Å². The zero-order valence-electron chi connectivity index (χ0n) is 10.5. The van der Waals surface area contributed by atoms with Gasteiger partial charge >= 0.3 is 0 Å². The van der Waals surface area contributed by atoms with Crippen LogP contribution in [-0.2, 0) is 17.8 Å². The third kappa shape index (κ3) is 3.51. The van der Waals surface area contributed by atoms with E-state index in [1.165, 1.54) is 5.56 Å². The van der Waals surface area contributed by atoms with Crippen molar-refractivity contribution in [2.45, 2.75) is 32.4 Å². The molecule has 0 fully saturated rings. The summed E-state index contributed by atoms with van der Waals surface area (Å²) < 4.78 is 10.5. The van der Waals surface area contributed by atoms with E-state index in [9.17, 15) is 0 Å². The van der Waals surface area contributed by atoms with E-state index in [0.29, 0.717) is 6.61 Å². The molecular formula is C13H21NO2. The van der Waals surface area contributed by atoms with E-state index in [1.807, 2.05) is 26.0 Å². The van der Waals surface area contributed by atoms with Crippen molar-refractivity contribution < 1.29 is 9.47 Å². The predicted octanol–water partition coefficient (Wildman–Crippen LogP) is 2.12. The van der Waals surface area contributed by atoms with Crippen LogP contribution in [0.1, 0.15) is 25.0 Å². The molecule has 3 nitrogen and oxygen atoms in total. The fraction of sp³-hybridized carbons (Fsp3) is 0.538. The highest BCUT2D eigenvalue weighted by Gasteiger charge is 2.16. The van der Waals surface area contributed by atoms with Crippen LogP contribution in [-0.4, -0.2) is 19.8 Å². The van der Waals surface area contributed by atoms with E-state index < -0.39 is 0 Å². The summed E-state index contributed by atoms with van der Waals surface area (Å²) in [5.41, 5.74) is 8.09. The number of rotatable bonds is 5. The molecule has 0 saturated carbocycles. The van der Waals surface area contributed by atoms with E-state index in [4.69, 9.17) is 15.2 Å². The van der Waals surface area contributed by atoms with Crippen molar-refractivity contribution in [3.63, 3.8) is 0 Å². The Kier molecular flexibility index (Phi) is 4.33. The second kappa shape index (κ2) is 5.32. The average molecular weight is 223 g/mol. The van der Waals surface area contributed by atoms with E-state index in [2.05, 4.69) is 6.07 Å². The van der Waals surface area contributed by atoms with E-state index in [1.54, 1.807) is 14.2 Å². The van der Waals surface area contributed by atoms with Gasteiger partial charge in [-0.15, -0.1) is 0 Å². The largest absolute Gasteiger partial charge is 0.496 e. The summed E-state index contributed by atoms with van der Waals surface area (Å²) in [5, 5.41) is 0. The van der Waals surface area contributed by atoms with Crippen molar-refractivity contribution in [1.29, 1.82) is 0 Å². The molecule has 0 aromatic heterocycles. The molecule has 0 unspecified atom stereocenters. The van der Waals surface area contributed by atoms with E-state index in [-0.39, 0.29) is 5.54 Å². The van der Waals surface area contributed by atoms with Crippen LogP contribution in [0.2, 0.25) is 0 Å². The van der Waals surface area contributed by atoms with Crippen LogP contribution in [0, 0.1) is 0 Å². The Bertz CT molecular complexity index is 342. The molecule has 3 heteroatoms. The summed E-state index contributed by atoms with van der Waals surface area (Å²) in [4.78, 5) is 0. The first-order valence-corrected chi connectivity index (χ1v) is 5.40. The molecule has 0 radical (unpaired) electrons. The third-order valence-corrected chi connectivity index (χ3v) is 2.38. The standard InChI is InChI=1S/C13H21NO2/c1-13(2,14)8-10-6-5-7-12(16-4)11(10)9-15-3/h5-7H,8-9,14H2,1-4H3. The van der Waals surface area contributed by atoms with E-state index in [0.717, 1.165) is 17.7 Å².